The molecule has 1 N–H and O–H groups in total. The van der Waals surface area contributed by atoms with Gasteiger partial charge >= 0.3 is 5.97 Å². The van der Waals surface area contributed by atoms with Crippen LogP contribution in [0.2, 0.25) is 0 Å². The first-order valence-corrected chi connectivity index (χ1v) is 9.79. The summed E-state index contributed by atoms with van der Waals surface area (Å²) in [7, 11) is 0. The lowest BCUT2D eigenvalue weighted by molar-refractivity contribution is -0.385. The monoisotopic (exact) mass is 443 g/mol. The lowest BCUT2D eigenvalue weighted by Crippen LogP contribution is -2.22. The topological polar surface area (TPSA) is 129 Å². The van der Waals surface area contributed by atoms with Crippen molar-refractivity contribution in [3.05, 3.63) is 101 Å². The van der Waals surface area contributed by atoms with Crippen molar-refractivity contribution in [2.24, 2.45) is 0 Å². The van der Waals surface area contributed by atoms with Gasteiger partial charge in [0.2, 0.25) is 0 Å². The van der Waals surface area contributed by atoms with E-state index in [1.165, 1.54) is 0 Å². The fourth-order valence-corrected chi connectivity index (χ4v) is 2.98. The van der Waals surface area contributed by atoms with Crippen molar-refractivity contribution in [1.82, 2.24) is 14.8 Å². The summed E-state index contributed by atoms with van der Waals surface area (Å²) in [5.41, 5.74) is 1.86. The molecule has 0 aliphatic carbocycles. The van der Waals surface area contributed by atoms with E-state index in [-0.39, 0.29) is 11.4 Å². The van der Waals surface area contributed by atoms with Crippen LogP contribution in [0.1, 0.15) is 10.5 Å². The van der Waals surface area contributed by atoms with Gasteiger partial charge in [-0.15, -0.1) is 0 Å². The predicted octanol–water partition coefficient (Wildman–Crippen LogP) is 3.64. The summed E-state index contributed by atoms with van der Waals surface area (Å²) in [6.45, 7) is -0.571. The molecule has 2 heterocycles. The third-order valence-electron chi connectivity index (χ3n) is 4.55. The first-order chi connectivity index (χ1) is 16.0. The molecule has 0 unspecified atom stereocenters. The second kappa shape index (κ2) is 9.52. The van der Waals surface area contributed by atoms with Crippen LogP contribution < -0.4 is 5.32 Å². The number of aromatic nitrogens is 3. The van der Waals surface area contributed by atoms with E-state index < -0.39 is 23.4 Å². The number of nitrogens with zero attached hydrogens (tertiary/aromatic N) is 4. The molecule has 164 valence electrons. The highest BCUT2D eigenvalue weighted by molar-refractivity contribution is 5.95. The summed E-state index contributed by atoms with van der Waals surface area (Å²) in [4.78, 5) is 38.3. The summed E-state index contributed by atoms with van der Waals surface area (Å²) in [6, 6.07) is 22.8. The third-order valence-corrected chi connectivity index (χ3v) is 4.55. The van der Waals surface area contributed by atoms with E-state index in [2.05, 4.69) is 15.4 Å². The summed E-state index contributed by atoms with van der Waals surface area (Å²) in [6.07, 6.45) is 0.945. The van der Waals surface area contributed by atoms with Gasteiger partial charge in [-0.2, -0.15) is 5.10 Å². The van der Waals surface area contributed by atoms with Crippen LogP contribution in [0.25, 0.3) is 16.9 Å². The van der Waals surface area contributed by atoms with Gasteiger partial charge in [0.05, 0.1) is 16.3 Å². The molecule has 2 aromatic carbocycles. The Kier molecular flexibility index (Phi) is 6.17. The number of rotatable bonds is 7. The lowest BCUT2D eigenvalue weighted by atomic mass is 10.2. The van der Waals surface area contributed by atoms with Crippen molar-refractivity contribution < 1.29 is 19.2 Å². The minimum atomic E-state index is -0.874. The number of benzene rings is 2. The molecule has 10 nitrogen and oxygen atoms in total. The number of carbonyl (C=O) groups is 2. The zero-order chi connectivity index (χ0) is 23.2. The molecule has 0 saturated heterocycles. The molecule has 0 saturated carbocycles. The minimum Gasteiger partial charge on any atom is -0.451 e. The average molecular weight is 443 g/mol. The van der Waals surface area contributed by atoms with E-state index in [0.717, 1.165) is 29.6 Å². The van der Waals surface area contributed by atoms with Gasteiger partial charge in [0, 0.05) is 17.7 Å². The fourth-order valence-electron chi connectivity index (χ4n) is 2.98. The summed E-state index contributed by atoms with van der Waals surface area (Å²) >= 11 is 0. The number of ether oxygens (including phenoxy) is 1. The van der Waals surface area contributed by atoms with Crippen LogP contribution in [0.15, 0.2) is 85.1 Å². The maximum atomic E-state index is 12.5. The Labute approximate surface area is 187 Å². The van der Waals surface area contributed by atoms with Crippen molar-refractivity contribution in [2.75, 3.05) is 11.9 Å². The minimum absolute atomic E-state index is 0.144. The summed E-state index contributed by atoms with van der Waals surface area (Å²) < 4.78 is 6.57. The number of pyridine rings is 1. The SMILES string of the molecule is O=C(COC(=O)c1ccc([N+](=O)[O-])cn1)Nc1cc(-c2ccccc2)nn1-c1ccccc1. The maximum absolute atomic E-state index is 12.5. The van der Waals surface area contributed by atoms with Gasteiger partial charge in [0.25, 0.3) is 11.6 Å². The second-order valence-electron chi connectivity index (χ2n) is 6.81. The van der Waals surface area contributed by atoms with Gasteiger partial charge in [0.1, 0.15) is 17.7 Å². The zero-order valence-corrected chi connectivity index (χ0v) is 17.1. The maximum Gasteiger partial charge on any atom is 0.357 e. The largest absolute Gasteiger partial charge is 0.451 e. The predicted molar refractivity (Wildman–Crippen MR) is 119 cm³/mol. The van der Waals surface area contributed by atoms with Gasteiger partial charge in [0.15, 0.2) is 6.61 Å². The molecule has 0 aliphatic heterocycles. The smallest absolute Gasteiger partial charge is 0.357 e. The Balaban J connectivity index is 1.48. The van der Waals surface area contributed by atoms with Gasteiger partial charge in [-0.05, 0) is 18.2 Å². The molecular weight excluding hydrogens is 426 g/mol. The molecule has 0 spiro atoms. The van der Waals surface area contributed by atoms with Crippen molar-refractivity contribution in [3.8, 4) is 16.9 Å². The van der Waals surface area contributed by atoms with Crippen molar-refractivity contribution in [1.29, 1.82) is 0 Å². The molecule has 0 bridgehead atoms. The Morgan fingerprint density at radius 3 is 2.33 bits per heavy atom. The molecule has 33 heavy (non-hydrogen) atoms. The third kappa shape index (κ3) is 5.07. The van der Waals surface area contributed by atoms with E-state index >= 15 is 0 Å². The molecule has 1 amide bonds. The van der Waals surface area contributed by atoms with Gasteiger partial charge in [-0.3, -0.25) is 14.9 Å². The Morgan fingerprint density at radius 1 is 1.00 bits per heavy atom. The van der Waals surface area contributed by atoms with E-state index in [0.29, 0.717) is 11.5 Å². The molecule has 0 atom stereocenters. The fraction of sp³-hybridized carbons (Fsp3) is 0.0435. The van der Waals surface area contributed by atoms with Crippen LogP contribution in [0.5, 0.6) is 0 Å². The lowest BCUT2D eigenvalue weighted by Gasteiger charge is -2.09. The van der Waals surface area contributed by atoms with E-state index in [1.807, 2.05) is 60.7 Å². The van der Waals surface area contributed by atoms with Crippen molar-refractivity contribution in [2.45, 2.75) is 0 Å². The molecule has 4 rings (SSSR count). The van der Waals surface area contributed by atoms with Gasteiger partial charge in [-0.1, -0.05) is 48.5 Å². The summed E-state index contributed by atoms with van der Waals surface area (Å²) in [5, 5.41) is 18.0. The molecule has 0 aliphatic rings. The van der Waals surface area contributed by atoms with Crippen LogP contribution in [0.3, 0.4) is 0 Å². The summed E-state index contributed by atoms with van der Waals surface area (Å²) in [5.74, 6) is -1.06. The van der Waals surface area contributed by atoms with Gasteiger partial charge in [-0.25, -0.2) is 14.5 Å². The second-order valence-corrected chi connectivity index (χ2v) is 6.81. The van der Waals surface area contributed by atoms with Crippen LogP contribution in [0.4, 0.5) is 11.5 Å². The van der Waals surface area contributed by atoms with Crippen LogP contribution >= 0.6 is 0 Å². The Bertz CT molecular complexity index is 1290. The normalized spacial score (nSPS) is 10.4. The Hall–Kier alpha value is -4.86. The van der Waals surface area contributed by atoms with E-state index in [4.69, 9.17) is 4.74 Å². The first kappa shape index (κ1) is 21.4. The van der Waals surface area contributed by atoms with E-state index in [1.54, 1.807) is 10.7 Å². The highest BCUT2D eigenvalue weighted by Gasteiger charge is 2.17. The molecule has 4 aromatic rings. The number of hydrogen-bond donors (Lipinski definition) is 1. The van der Waals surface area contributed by atoms with Crippen molar-refractivity contribution in [3.63, 3.8) is 0 Å². The van der Waals surface area contributed by atoms with Crippen LogP contribution in [-0.4, -0.2) is 38.2 Å². The van der Waals surface area contributed by atoms with Crippen molar-refractivity contribution >= 4 is 23.4 Å². The van der Waals surface area contributed by atoms with Crippen LogP contribution in [0, 0.1) is 10.1 Å². The number of para-hydroxylation sites is 1. The van der Waals surface area contributed by atoms with Gasteiger partial charge < -0.3 is 10.1 Å². The first-order valence-electron chi connectivity index (χ1n) is 9.79. The number of amides is 1. The molecule has 0 radical (unpaired) electrons. The molecular formula is C23H17N5O5. The highest BCUT2D eigenvalue weighted by Crippen LogP contribution is 2.24. The number of hydrogen-bond acceptors (Lipinski definition) is 7. The number of nitrogens with one attached hydrogen (secondary N) is 1. The quantitative estimate of drug-likeness (QED) is 0.262. The number of anilines is 1. The zero-order valence-electron chi connectivity index (χ0n) is 17.1. The number of nitro groups is 1. The molecule has 10 heteroatoms. The van der Waals surface area contributed by atoms with E-state index in [9.17, 15) is 19.7 Å². The molecule has 0 fully saturated rings. The number of carbonyl (C=O) groups excluding carboxylic acids is 2. The average Bonchev–Trinajstić information content (AvgIpc) is 3.27. The van der Waals surface area contributed by atoms with Crippen LogP contribution in [-0.2, 0) is 9.53 Å². The standard InChI is InChI=1S/C23H17N5O5/c29-22(15-33-23(30)19-12-11-18(14-24-19)28(31)32)25-21-13-20(16-7-3-1-4-8-16)26-27(21)17-9-5-2-6-10-17/h1-14H,15H2,(H,25,29). The Morgan fingerprint density at radius 2 is 1.70 bits per heavy atom. The number of esters is 1. The highest BCUT2D eigenvalue weighted by atomic mass is 16.6. The molecule has 2 aromatic heterocycles.